The van der Waals surface area contributed by atoms with Gasteiger partial charge in [0.05, 0.1) is 13.2 Å². The molecule has 0 aromatic heterocycles. The van der Waals surface area contributed by atoms with Crippen molar-refractivity contribution in [3.05, 3.63) is 0 Å². The van der Waals surface area contributed by atoms with Crippen molar-refractivity contribution < 1.29 is 32.6 Å². The van der Waals surface area contributed by atoms with E-state index < -0.39 is 30.4 Å². The molecule has 0 saturated carbocycles. The number of halogens is 2. The normalized spacial score (nSPS) is 12.6. The summed E-state index contributed by atoms with van der Waals surface area (Å²) in [6, 6.07) is 0. The Balaban J connectivity index is 5.02. The van der Waals surface area contributed by atoms with Gasteiger partial charge in [-0.2, -0.15) is 0 Å². The van der Waals surface area contributed by atoms with Crippen LogP contribution in [0.5, 0.6) is 0 Å². The predicted octanol–water partition coefficient (Wildman–Crippen LogP) is 1.40. The third-order valence-corrected chi connectivity index (χ3v) is 2.02. The fraction of sp³-hybridized carbons (Fsp3) is 0.818. The monoisotopic (exact) mass is 268 g/mol. The van der Waals surface area contributed by atoms with Crippen LogP contribution in [0.15, 0.2) is 0 Å². The Hall–Kier alpha value is -1.24. The van der Waals surface area contributed by atoms with Gasteiger partial charge < -0.3 is 14.2 Å². The summed E-state index contributed by atoms with van der Waals surface area (Å²) in [6.07, 6.45) is -4.84. The fourth-order valence-electron chi connectivity index (χ4n) is 1.34. The number of hydrogen-bond acceptors (Lipinski definition) is 5. The molecule has 0 aliphatic heterocycles. The topological polar surface area (TPSA) is 61.8 Å². The van der Waals surface area contributed by atoms with E-state index in [0.29, 0.717) is 0 Å². The van der Waals surface area contributed by atoms with Crippen molar-refractivity contribution in [1.29, 1.82) is 0 Å². The lowest BCUT2D eigenvalue weighted by atomic mass is 10.0. The summed E-state index contributed by atoms with van der Waals surface area (Å²) in [5.41, 5.74) is 0. The van der Waals surface area contributed by atoms with E-state index in [1.54, 1.807) is 0 Å². The molecule has 0 radical (unpaired) electrons. The summed E-state index contributed by atoms with van der Waals surface area (Å²) in [5, 5.41) is 0. The molecule has 0 aromatic rings. The van der Waals surface area contributed by atoms with E-state index in [1.165, 1.54) is 20.8 Å². The lowest BCUT2D eigenvalue weighted by molar-refractivity contribution is -0.176. The lowest BCUT2D eigenvalue weighted by Gasteiger charge is -2.23. The summed E-state index contributed by atoms with van der Waals surface area (Å²) in [7, 11) is 0. The zero-order valence-corrected chi connectivity index (χ0v) is 10.7. The highest BCUT2D eigenvalue weighted by Crippen LogP contribution is 2.19. The first-order valence-electron chi connectivity index (χ1n) is 5.72. The molecule has 1 atom stereocenters. The number of ether oxygens (including phenoxy) is 3. The van der Waals surface area contributed by atoms with Gasteiger partial charge in [0, 0.05) is 6.61 Å². The Morgan fingerprint density at radius 3 is 1.67 bits per heavy atom. The standard InChI is InChI=1S/C11H18F2O5/c1-4-16-8(9(12)13)7(10(14)17-5-2)11(15)18-6-3/h7-9H,4-6H2,1-3H3. The maximum atomic E-state index is 12.8. The minimum Gasteiger partial charge on any atom is -0.465 e. The van der Waals surface area contributed by atoms with E-state index in [1.807, 2.05) is 0 Å². The number of carbonyl (C=O) groups excluding carboxylic acids is 2. The number of rotatable bonds is 8. The van der Waals surface area contributed by atoms with E-state index >= 15 is 0 Å². The van der Waals surface area contributed by atoms with Crippen LogP contribution in [-0.4, -0.2) is 44.3 Å². The number of esters is 2. The van der Waals surface area contributed by atoms with E-state index in [-0.39, 0.29) is 19.8 Å². The molecule has 1 unspecified atom stereocenters. The molecule has 0 saturated heterocycles. The molecule has 0 N–H and O–H groups in total. The molecule has 0 spiro atoms. The van der Waals surface area contributed by atoms with Crippen molar-refractivity contribution in [2.24, 2.45) is 5.92 Å². The van der Waals surface area contributed by atoms with E-state index in [0.717, 1.165) is 0 Å². The number of carbonyl (C=O) groups is 2. The molecule has 0 amide bonds. The van der Waals surface area contributed by atoms with Gasteiger partial charge in [0.1, 0.15) is 6.10 Å². The molecule has 0 fully saturated rings. The summed E-state index contributed by atoms with van der Waals surface area (Å²) in [5.74, 6) is -3.88. The van der Waals surface area contributed by atoms with E-state index in [9.17, 15) is 18.4 Å². The van der Waals surface area contributed by atoms with Crippen LogP contribution in [0.2, 0.25) is 0 Å². The zero-order valence-electron chi connectivity index (χ0n) is 10.7. The van der Waals surface area contributed by atoms with Crippen molar-refractivity contribution in [2.75, 3.05) is 19.8 Å². The molecule has 0 aliphatic carbocycles. The van der Waals surface area contributed by atoms with Crippen LogP contribution in [0.25, 0.3) is 0 Å². The van der Waals surface area contributed by atoms with E-state index in [2.05, 4.69) is 9.47 Å². The molecule has 0 heterocycles. The Kier molecular flexibility index (Phi) is 8.19. The third kappa shape index (κ3) is 4.95. The summed E-state index contributed by atoms with van der Waals surface area (Å²) >= 11 is 0. The zero-order chi connectivity index (χ0) is 14.1. The molecular formula is C11H18F2O5. The smallest absolute Gasteiger partial charge is 0.323 e. The average Bonchev–Trinajstić information content (AvgIpc) is 2.29. The first-order valence-corrected chi connectivity index (χ1v) is 5.72. The molecule has 5 nitrogen and oxygen atoms in total. The van der Waals surface area contributed by atoms with Gasteiger partial charge in [-0.05, 0) is 20.8 Å². The Morgan fingerprint density at radius 2 is 1.39 bits per heavy atom. The van der Waals surface area contributed by atoms with Gasteiger partial charge in [-0.25, -0.2) is 8.78 Å². The van der Waals surface area contributed by atoms with Crippen molar-refractivity contribution in [1.82, 2.24) is 0 Å². The quantitative estimate of drug-likeness (QED) is 0.492. The van der Waals surface area contributed by atoms with E-state index in [4.69, 9.17) is 4.74 Å². The molecule has 7 heteroatoms. The van der Waals surface area contributed by atoms with Gasteiger partial charge in [0.25, 0.3) is 6.43 Å². The van der Waals surface area contributed by atoms with Crippen LogP contribution in [0.4, 0.5) is 8.78 Å². The summed E-state index contributed by atoms with van der Waals surface area (Å²) in [6.45, 7) is 4.43. The molecular weight excluding hydrogens is 250 g/mol. The SMILES string of the molecule is CCOC(=O)C(C(=O)OCC)C(OCC)C(F)F. The Morgan fingerprint density at radius 1 is 0.944 bits per heavy atom. The van der Waals surface area contributed by atoms with Gasteiger partial charge in [-0.15, -0.1) is 0 Å². The third-order valence-electron chi connectivity index (χ3n) is 2.02. The minimum absolute atomic E-state index is 0.0170. The van der Waals surface area contributed by atoms with Gasteiger partial charge in [0.2, 0.25) is 0 Å². The van der Waals surface area contributed by atoms with Crippen molar-refractivity contribution in [3.8, 4) is 0 Å². The maximum absolute atomic E-state index is 12.8. The number of hydrogen-bond donors (Lipinski definition) is 0. The van der Waals surface area contributed by atoms with Crippen LogP contribution in [0.3, 0.4) is 0 Å². The molecule has 0 aromatic carbocycles. The Labute approximate surface area is 104 Å². The fourth-order valence-corrected chi connectivity index (χ4v) is 1.34. The summed E-state index contributed by atoms with van der Waals surface area (Å²) < 4.78 is 39.5. The van der Waals surface area contributed by atoms with Gasteiger partial charge in [0.15, 0.2) is 5.92 Å². The second kappa shape index (κ2) is 8.79. The maximum Gasteiger partial charge on any atom is 0.323 e. The van der Waals surface area contributed by atoms with Gasteiger partial charge in [-0.1, -0.05) is 0 Å². The van der Waals surface area contributed by atoms with Crippen LogP contribution >= 0.6 is 0 Å². The van der Waals surface area contributed by atoms with Gasteiger partial charge in [-0.3, -0.25) is 9.59 Å². The van der Waals surface area contributed by atoms with Crippen LogP contribution < -0.4 is 0 Å². The number of alkyl halides is 2. The summed E-state index contributed by atoms with van der Waals surface area (Å²) in [4.78, 5) is 23.1. The largest absolute Gasteiger partial charge is 0.465 e. The Bertz CT molecular complexity index is 252. The molecule has 0 bridgehead atoms. The molecule has 0 rings (SSSR count). The first kappa shape index (κ1) is 16.8. The first-order chi connectivity index (χ1) is 8.49. The molecule has 106 valence electrons. The average molecular weight is 268 g/mol. The van der Waals surface area contributed by atoms with Crippen LogP contribution in [0.1, 0.15) is 20.8 Å². The van der Waals surface area contributed by atoms with Crippen LogP contribution in [-0.2, 0) is 23.8 Å². The minimum atomic E-state index is -2.98. The lowest BCUT2D eigenvalue weighted by Crippen LogP contribution is -2.43. The highest BCUT2D eigenvalue weighted by atomic mass is 19.3. The molecule has 0 aliphatic rings. The highest BCUT2D eigenvalue weighted by Gasteiger charge is 2.43. The highest BCUT2D eigenvalue weighted by molar-refractivity contribution is 5.95. The molecule has 18 heavy (non-hydrogen) atoms. The van der Waals surface area contributed by atoms with Crippen molar-refractivity contribution in [2.45, 2.75) is 33.3 Å². The second-order valence-electron chi connectivity index (χ2n) is 3.24. The van der Waals surface area contributed by atoms with Crippen molar-refractivity contribution in [3.63, 3.8) is 0 Å². The predicted molar refractivity (Wildman–Crippen MR) is 58.2 cm³/mol. The van der Waals surface area contributed by atoms with Crippen molar-refractivity contribution >= 4 is 11.9 Å². The van der Waals surface area contributed by atoms with Crippen LogP contribution in [0, 0.1) is 5.92 Å². The van der Waals surface area contributed by atoms with Gasteiger partial charge >= 0.3 is 11.9 Å². The second-order valence-corrected chi connectivity index (χ2v) is 3.24.